The summed E-state index contributed by atoms with van der Waals surface area (Å²) in [6.07, 6.45) is 2.42. The summed E-state index contributed by atoms with van der Waals surface area (Å²) < 4.78 is 28.7. The van der Waals surface area contributed by atoms with Crippen LogP contribution < -0.4 is 10.5 Å². The van der Waals surface area contributed by atoms with E-state index in [9.17, 15) is 8.78 Å². The van der Waals surface area contributed by atoms with E-state index in [2.05, 4.69) is 23.5 Å². The van der Waals surface area contributed by atoms with Gasteiger partial charge in [0.1, 0.15) is 5.75 Å². The first-order chi connectivity index (χ1) is 10.0. The average Bonchev–Trinajstić information content (AvgIpc) is 2.45. The van der Waals surface area contributed by atoms with E-state index in [4.69, 9.17) is 5.73 Å². The van der Waals surface area contributed by atoms with Crippen molar-refractivity contribution in [3.8, 4) is 5.75 Å². The number of nitrogens with two attached hydrogens (primary N) is 1. The second-order valence-electron chi connectivity index (χ2n) is 5.80. The maximum absolute atomic E-state index is 12.2. The normalized spacial score (nSPS) is 25.0. The van der Waals surface area contributed by atoms with Crippen molar-refractivity contribution in [1.29, 1.82) is 0 Å². The van der Waals surface area contributed by atoms with Crippen molar-refractivity contribution in [1.82, 2.24) is 4.90 Å². The van der Waals surface area contributed by atoms with Gasteiger partial charge < -0.3 is 10.5 Å². The number of likely N-dealkylation sites (tertiary alicyclic amines) is 1. The zero-order valence-electron chi connectivity index (χ0n) is 12.6. The quantitative estimate of drug-likeness (QED) is 0.905. The van der Waals surface area contributed by atoms with Crippen LogP contribution in [0.5, 0.6) is 5.75 Å². The van der Waals surface area contributed by atoms with E-state index < -0.39 is 6.61 Å². The molecule has 0 aromatic heterocycles. The van der Waals surface area contributed by atoms with Crippen LogP contribution in [0.25, 0.3) is 0 Å². The Balaban J connectivity index is 2.13. The van der Waals surface area contributed by atoms with Crippen molar-refractivity contribution >= 4 is 0 Å². The van der Waals surface area contributed by atoms with Gasteiger partial charge in [0.2, 0.25) is 0 Å². The Bertz CT molecular complexity index is 438. The lowest BCUT2D eigenvalue weighted by atomic mass is 9.89. The van der Waals surface area contributed by atoms with E-state index in [0.717, 1.165) is 12.1 Å². The minimum atomic E-state index is -2.79. The second kappa shape index (κ2) is 7.18. The fourth-order valence-corrected chi connectivity index (χ4v) is 3.14. The highest BCUT2D eigenvalue weighted by Gasteiger charge is 2.30. The van der Waals surface area contributed by atoms with Crippen molar-refractivity contribution < 1.29 is 13.5 Å². The molecule has 0 saturated carbocycles. The minimum absolute atomic E-state index is 0.128. The van der Waals surface area contributed by atoms with Crippen molar-refractivity contribution in [2.45, 2.75) is 45.4 Å². The molecular formula is C16H24F2N2O. The van der Waals surface area contributed by atoms with E-state index in [1.807, 2.05) is 12.1 Å². The summed E-state index contributed by atoms with van der Waals surface area (Å²) in [6, 6.07) is 7.44. The molecule has 118 valence electrons. The van der Waals surface area contributed by atoms with Crippen molar-refractivity contribution in [3.63, 3.8) is 0 Å². The number of halogens is 2. The molecule has 0 spiro atoms. The molecule has 1 aromatic rings. The smallest absolute Gasteiger partial charge is 0.387 e. The Morgan fingerprint density at radius 3 is 2.52 bits per heavy atom. The van der Waals surface area contributed by atoms with Gasteiger partial charge in [-0.3, -0.25) is 4.90 Å². The first-order valence-corrected chi connectivity index (χ1v) is 7.53. The summed E-state index contributed by atoms with van der Waals surface area (Å²) >= 11 is 0. The Labute approximate surface area is 125 Å². The lowest BCUT2D eigenvalue weighted by molar-refractivity contribution is -0.0498. The van der Waals surface area contributed by atoms with Crippen molar-refractivity contribution in [2.24, 2.45) is 11.7 Å². The van der Waals surface area contributed by atoms with E-state index in [1.165, 1.54) is 12.8 Å². The van der Waals surface area contributed by atoms with Gasteiger partial charge in [-0.2, -0.15) is 8.78 Å². The molecule has 1 fully saturated rings. The molecule has 3 nitrogen and oxygen atoms in total. The SMILES string of the molecule is CC1CCCN(C(CN)c2ccc(OC(F)F)cc2)C1C. The van der Waals surface area contributed by atoms with Crippen LogP contribution in [-0.4, -0.2) is 30.6 Å². The van der Waals surface area contributed by atoms with Crippen LogP contribution in [0.2, 0.25) is 0 Å². The molecular weight excluding hydrogens is 274 g/mol. The first kappa shape index (κ1) is 16.2. The van der Waals surface area contributed by atoms with E-state index in [1.54, 1.807) is 12.1 Å². The fraction of sp³-hybridized carbons (Fsp3) is 0.625. The number of hydrogen-bond acceptors (Lipinski definition) is 3. The Hall–Kier alpha value is -1.20. The highest BCUT2D eigenvalue weighted by molar-refractivity contribution is 5.29. The number of alkyl halides is 2. The highest BCUT2D eigenvalue weighted by atomic mass is 19.3. The predicted molar refractivity (Wildman–Crippen MR) is 79.4 cm³/mol. The summed E-state index contributed by atoms with van der Waals surface area (Å²) in [4.78, 5) is 2.43. The standard InChI is InChI=1S/C16H24F2N2O/c1-11-4-3-9-20(12(11)2)15(10-19)13-5-7-14(8-6-13)21-16(17)18/h5-8,11-12,15-16H,3-4,9-10,19H2,1-2H3. The van der Waals surface area contributed by atoms with Crippen LogP contribution in [0.1, 0.15) is 38.3 Å². The van der Waals surface area contributed by atoms with Gasteiger partial charge in [-0.05, 0) is 49.9 Å². The average molecular weight is 298 g/mol. The predicted octanol–water partition coefficient (Wildman–Crippen LogP) is 3.41. The maximum atomic E-state index is 12.2. The molecule has 21 heavy (non-hydrogen) atoms. The van der Waals surface area contributed by atoms with Gasteiger partial charge in [0.25, 0.3) is 0 Å². The van der Waals surface area contributed by atoms with Crippen molar-refractivity contribution in [2.75, 3.05) is 13.1 Å². The Morgan fingerprint density at radius 1 is 1.29 bits per heavy atom. The first-order valence-electron chi connectivity index (χ1n) is 7.53. The van der Waals surface area contributed by atoms with Gasteiger partial charge in [-0.15, -0.1) is 0 Å². The lowest BCUT2D eigenvalue weighted by Crippen LogP contribution is -2.46. The molecule has 0 amide bonds. The van der Waals surface area contributed by atoms with Gasteiger partial charge in [0, 0.05) is 18.6 Å². The summed E-state index contributed by atoms with van der Waals surface area (Å²) in [5.74, 6) is 0.832. The molecule has 0 bridgehead atoms. The highest BCUT2D eigenvalue weighted by Crippen LogP contribution is 2.31. The summed E-state index contributed by atoms with van der Waals surface area (Å²) in [7, 11) is 0. The van der Waals surface area contributed by atoms with Gasteiger partial charge in [0.15, 0.2) is 0 Å². The van der Waals surface area contributed by atoms with Crippen LogP contribution in [0.3, 0.4) is 0 Å². The maximum Gasteiger partial charge on any atom is 0.387 e. The van der Waals surface area contributed by atoms with Crippen molar-refractivity contribution in [3.05, 3.63) is 29.8 Å². The number of piperidine rings is 1. The number of rotatable bonds is 5. The number of benzene rings is 1. The molecule has 0 aliphatic carbocycles. The number of hydrogen-bond donors (Lipinski definition) is 1. The topological polar surface area (TPSA) is 38.5 Å². The van der Waals surface area contributed by atoms with Crippen LogP contribution in [0.4, 0.5) is 8.78 Å². The van der Waals surface area contributed by atoms with Gasteiger partial charge >= 0.3 is 6.61 Å². The minimum Gasteiger partial charge on any atom is -0.435 e. The van der Waals surface area contributed by atoms with E-state index >= 15 is 0 Å². The zero-order chi connectivity index (χ0) is 15.4. The molecule has 5 heteroatoms. The van der Waals surface area contributed by atoms with Crippen LogP contribution in [-0.2, 0) is 0 Å². The lowest BCUT2D eigenvalue weighted by Gasteiger charge is -2.42. The molecule has 3 unspecified atom stereocenters. The summed E-state index contributed by atoms with van der Waals surface area (Å²) in [6.45, 7) is 3.27. The molecule has 1 saturated heterocycles. The molecule has 1 aliphatic rings. The molecule has 1 aromatic carbocycles. The summed E-state index contributed by atoms with van der Waals surface area (Å²) in [5.41, 5.74) is 7.02. The fourth-order valence-electron chi connectivity index (χ4n) is 3.14. The third-order valence-corrected chi connectivity index (χ3v) is 4.54. The van der Waals surface area contributed by atoms with E-state index in [0.29, 0.717) is 18.5 Å². The van der Waals surface area contributed by atoms with Gasteiger partial charge in [0.05, 0.1) is 0 Å². The molecule has 3 atom stereocenters. The molecule has 2 rings (SSSR count). The second-order valence-corrected chi connectivity index (χ2v) is 5.80. The van der Waals surface area contributed by atoms with Crippen LogP contribution in [0.15, 0.2) is 24.3 Å². The zero-order valence-corrected chi connectivity index (χ0v) is 12.6. The molecule has 1 aliphatic heterocycles. The number of ether oxygens (including phenoxy) is 1. The third-order valence-electron chi connectivity index (χ3n) is 4.54. The molecule has 1 heterocycles. The van der Waals surface area contributed by atoms with Gasteiger partial charge in [-0.1, -0.05) is 19.1 Å². The molecule has 2 N–H and O–H groups in total. The largest absolute Gasteiger partial charge is 0.435 e. The number of nitrogens with zero attached hydrogens (tertiary/aromatic N) is 1. The Morgan fingerprint density at radius 2 is 1.95 bits per heavy atom. The van der Waals surface area contributed by atoms with Crippen LogP contribution >= 0.6 is 0 Å². The summed E-state index contributed by atoms with van der Waals surface area (Å²) in [5, 5.41) is 0. The van der Waals surface area contributed by atoms with Gasteiger partial charge in [-0.25, -0.2) is 0 Å². The van der Waals surface area contributed by atoms with Crippen LogP contribution in [0, 0.1) is 5.92 Å². The Kier molecular flexibility index (Phi) is 5.53. The molecule has 0 radical (unpaired) electrons. The monoisotopic (exact) mass is 298 g/mol. The third kappa shape index (κ3) is 3.92. The van der Waals surface area contributed by atoms with E-state index in [-0.39, 0.29) is 11.8 Å².